The van der Waals surface area contributed by atoms with Gasteiger partial charge in [0.1, 0.15) is 5.82 Å². The van der Waals surface area contributed by atoms with Gasteiger partial charge in [0, 0.05) is 24.1 Å². The minimum atomic E-state index is -0.833. The zero-order valence-electron chi connectivity index (χ0n) is 19.3. The predicted molar refractivity (Wildman–Crippen MR) is 129 cm³/mol. The van der Waals surface area contributed by atoms with Crippen LogP contribution in [0.5, 0.6) is 0 Å². The van der Waals surface area contributed by atoms with E-state index in [1.54, 1.807) is 12.1 Å². The van der Waals surface area contributed by atoms with Crippen molar-refractivity contribution in [2.45, 2.75) is 51.0 Å². The Hall–Kier alpha value is -3.25. The van der Waals surface area contributed by atoms with Crippen molar-refractivity contribution in [3.63, 3.8) is 0 Å². The van der Waals surface area contributed by atoms with Crippen LogP contribution in [0.15, 0.2) is 60.3 Å². The summed E-state index contributed by atoms with van der Waals surface area (Å²) in [7, 11) is 0. The fraction of sp³-hybridized carbons (Fsp3) is 0.357. The Balaban J connectivity index is 1.27. The molecule has 0 bridgehead atoms. The van der Waals surface area contributed by atoms with Gasteiger partial charge >= 0.3 is 0 Å². The number of amides is 1. The van der Waals surface area contributed by atoms with Crippen LogP contribution in [0.25, 0.3) is 11.8 Å². The molecule has 2 fully saturated rings. The lowest BCUT2D eigenvalue weighted by atomic mass is 9.65. The molecule has 1 saturated heterocycles. The zero-order chi connectivity index (χ0) is 23.5. The van der Waals surface area contributed by atoms with Crippen LogP contribution in [0.3, 0.4) is 0 Å². The standard InChI is InChI=1S/C28H28FN3O2/c1-27-17-20-18-30-32(23-8-6-22(29)7-9-23)25(20)16-21(27)11-14-28(27,34)13-10-19-4-2-3-5-24(19)31-15-12-26(31)33/h2-9,16,18,34H,10-15,17H2,1H3/t27-,28?/m0/s1. The van der Waals surface area contributed by atoms with E-state index < -0.39 is 5.60 Å². The Morgan fingerprint density at radius 1 is 1.12 bits per heavy atom. The normalized spacial score (nSPS) is 25.6. The highest BCUT2D eigenvalue weighted by atomic mass is 19.1. The number of aromatic nitrogens is 2. The minimum Gasteiger partial charge on any atom is -0.389 e. The fourth-order valence-electron chi connectivity index (χ4n) is 6.02. The van der Waals surface area contributed by atoms with Crippen molar-refractivity contribution >= 4 is 17.7 Å². The third-order valence-electron chi connectivity index (χ3n) is 8.30. The van der Waals surface area contributed by atoms with Crippen LogP contribution in [0.4, 0.5) is 10.1 Å². The number of halogens is 1. The third kappa shape index (κ3) is 3.16. The number of aliphatic hydroxyl groups is 1. The van der Waals surface area contributed by atoms with E-state index >= 15 is 0 Å². The second-order valence-electron chi connectivity index (χ2n) is 10.1. The average Bonchev–Trinajstić information content (AvgIpc) is 3.34. The van der Waals surface area contributed by atoms with Crippen molar-refractivity contribution in [3.8, 4) is 5.69 Å². The van der Waals surface area contributed by atoms with Crippen molar-refractivity contribution in [3.05, 3.63) is 82.9 Å². The molecule has 3 aromatic rings. The van der Waals surface area contributed by atoms with Crippen LogP contribution in [0, 0.1) is 11.2 Å². The summed E-state index contributed by atoms with van der Waals surface area (Å²) >= 11 is 0. The first-order chi connectivity index (χ1) is 16.4. The first kappa shape index (κ1) is 21.3. The molecule has 1 saturated carbocycles. The number of aryl methyl sites for hydroxylation is 1. The van der Waals surface area contributed by atoms with Gasteiger partial charge in [-0.05, 0) is 79.6 Å². The first-order valence-electron chi connectivity index (χ1n) is 12.0. The molecule has 2 heterocycles. The number of β-lactam (4-membered cyclic amide) rings is 1. The number of benzene rings is 2. The topological polar surface area (TPSA) is 58.4 Å². The molecule has 5 nitrogen and oxygen atoms in total. The molecule has 1 N–H and O–H groups in total. The molecule has 6 rings (SSSR count). The summed E-state index contributed by atoms with van der Waals surface area (Å²) in [6.45, 7) is 2.94. The summed E-state index contributed by atoms with van der Waals surface area (Å²) in [5.74, 6) is -0.0983. The molecule has 6 heteroatoms. The van der Waals surface area contributed by atoms with Crippen molar-refractivity contribution in [1.29, 1.82) is 0 Å². The summed E-state index contributed by atoms with van der Waals surface area (Å²) in [5, 5.41) is 16.5. The molecule has 1 aliphatic heterocycles. The molecule has 34 heavy (non-hydrogen) atoms. The van der Waals surface area contributed by atoms with Crippen LogP contribution in [-0.2, 0) is 17.6 Å². The lowest BCUT2D eigenvalue weighted by Crippen LogP contribution is -2.46. The van der Waals surface area contributed by atoms with Gasteiger partial charge in [-0.3, -0.25) is 4.79 Å². The molecular formula is C28H28FN3O2. The maximum Gasteiger partial charge on any atom is 0.228 e. The maximum atomic E-state index is 13.4. The van der Waals surface area contributed by atoms with Crippen molar-refractivity contribution in [1.82, 2.24) is 9.78 Å². The lowest BCUT2D eigenvalue weighted by Gasteiger charge is -2.43. The highest BCUT2D eigenvalue weighted by molar-refractivity contribution is 6.00. The molecule has 2 aliphatic carbocycles. The van der Waals surface area contributed by atoms with Gasteiger partial charge in [0.05, 0.1) is 23.2 Å². The molecule has 0 spiro atoms. The van der Waals surface area contributed by atoms with E-state index in [-0.39, 0.29) is 17.1 Å². The fourth-order valence-corrected chi connectivity index (χ4v) is 6.02. The Morgan fingerprint density at radius 3 is 2.65 bits per heavy atom. The van der Waals surface area contributed by atoms with Crippen LogP contribution in [-0.4, -0.2) is 32.9 Å². The molecule has 1 amide bonds. The number of anilines is 1. The monoisotopic (exact) mass is 457 g/mol. The Labute approximate surface area is 198 Å². The number of rotatable bonds is 5. The van der Waals surface area contributed by atoms with Crippen molar-refractivity contribution in [2.75, 3.05) is 11.4 Å². The number of hydrogen-bond donors (Lipinski definition) is 1. The average molecular weight is 458 g/mol. The first-order valence-corrected chi connectivity index (χ1v) is 12.0. The van der Waals surface area contributed by atoms with Gasteiger partial charge < -0.3 is 10.0 Å². The Kier molecular flexibility index (Phi) is 4.78. The SMILES string of the molecule is C[C@]12Cc3cnn(-c4ccc(F)cc4)c3C=C1CCC2(O)CCc1ccccc1N1CCC1=O. The van der Waals surface area contributed by atoms with E-state index in [0.29, 0.717) is 19.3 Å². The summed E-state index contributed by atoms with van der Waals surface area (Å²) in [4.78, 5) is 13.9. The molecule has 174 valence electrons. The largest absolute Gasteiger partial charge is 0.389 e. The molecular weight excluding hydrogens is 429 g/mol. The number of para-hydroxylation sites is 1. The van der Waals surface area contributed by atoms with E-state index in [0.717, 1.165) is 54.0 Å². The van der Waals surface area contributed by atoms with Gasteiger partial charge in [-0.1, -0.05) is 30.7 Å². The number of hydrogen-bond acceptors (Lipinski definition) is 3. The second kappa shape index (κ2) is 7.64. The number of nitrogens with zero attached hydrogens (tertiary/aromatic N) is 3. The van der Waals surface area contributed by atoms with Gasteiger partial charge in [-0.2, -0.15) is 5.10 Å². The van der Waals surface area contributed by atoms with Gasteiger partial charge in [0.2, 0.25) is 5.91 Å². The van der Waals surface area contributed by atoms with E-state index in [1.807, 2.05) is 34.0 Å². The van der Waals surface area contributed by atoms with E-state index in [2.05, 4.69) is 24.2 Å². The molecule has 2 atom stereocenters. The zero-order valence-corrected chi connectivity index (χ0v) is 19.3. The van der Waals surface area contributed by atoms with E-state index in [4.69, 9.17) is 0 Å². The third-order valence-corrected chi connectivity index (χ3v) is 8.30. The van der Waals surface area contributed by atoms with Crippen LogP contribution in [0.2, 0.25) is 0 Å². The Morgan fingerprint density at radius 2 is 1.91 bits per heavy atom. The van der Waals surface area contributed by atoms with Gasteiger partial charge in [-0.25, -0.2) is 9.07 Å². The van der Waals surface area contributed by atoms with Crippen molar-refractivity contribution < 1.29 is 14.3 Å². The highest BCUT2D eigenvalue weighted by Crippen LogP contribution is 2.57. The summed E-state index contributed by atoms with van der Waals surface area (Å²) in [5.41, 5.74) is 5.09. The van der Waals surface area contributed by atoms with Crippen molar-refractivity contribution in [2.24, 2.45) is 5.41 Å². The van der Waals surface area contributed by atoms with E-state index in [9.17, 15) is 14.3 Å². The molecule has 0 radical (unpaired) electrons. The molecule has 3 aliphatic rings. The lowest BCUT2D eigenvalue weighted by molar-refractivity contribution is -0.122. The van der Waals surface area contributed by atoms with Crippen LogP contribution < -0.4 is 4.90 Å². The Bertz CT molecular complexity index is 1310. The second-order valence-corrected chi connectivity index (χ2v) is 10.1. The molecule has 1 aromatic heterocycles. The van der Waals surface area contributed by atoms with Gasteiger partial charge in [-0.15, -0.1) is 0 Å². The van der Waals surface area contributed by atoms with Crippen LogP contribution in [0.1, 0.15) is 49.4 Å². The quantitative estimate of drug-likeness (QED) is 0.557. The minimum absolute atomic E-state index is 0.169. The van der Waals surface area contributed by atoms with E-state index in [1.165, 1.54) is 17.7 Å². The number of carbonyl (C=O) groups excluding carboxylic acids is 1. The highest BCUT2D eigenvalue weighted by Gasteiger charge is 2.54. The predicted octanol–water partition coefficient (Wildman–Crippen LogP) is 4.85. The molecule has 2 aromatic carbocycles. The smallest absolute Gasteiger partial charge is 0.228 e. The summed E-state index contributed by atoms with van der Waals surface area (Å²) in [6.07, 6.45) is 8.31. The van der Waals surface area contributed by atoms with Gasteiger partial charge in [0.25, 0.3) is 0 Å². The number of carbonyl (C=O) groups is 1. The maximum absolute atomic E-state index is 13.4. The summed E-state index contributed by atoms with van der Waals surface area (Å²) in [6, 6.07) is 14.4. The summed E-state index contributed by atoms with van der Waals surface area (Å²) < 4.78 is 15.3. The van der Waals surface area contributed by atoms with Crippen LogP contribution >= 0.6 is 0 Å². The molecule has 1 unspecified atom stereocenters. The number of fused-ring (bicyclic) bond motifs is 2. The van der Waals surface area contributed by atoms with Gasteiger partial charge in [0.15, 0.2) is 0 Å².